The molecule has 32 heavy (non-hydrogen) atoms. The molecule has 1 heterocycles. The number of hydrogen-bond acceptors (Lipinski definition) is 8. The van der Waals surface area contributed by atoms with Gasteiger partial charge in [0.25, 0.3) is 0 Å². The molecule has 0 aliphatic heterocycles. The number of aliphatic carboxylic acids is 1. The molecule has 5 N–H and O–H groups in total. The van der Waals surface area contributed by atoms with E-state index in [1.54, 1.807) is 0 Å². The van der Waals surface area contributed by atoms with Crippen LogP contribution in [-0.4, -0.2) is 75.2 Å². The van der Waals surface area contributed by atoms with E-state index in [4.69, 9.17) is 0 Å². The van der Waals surface area contributed by atoms with E-state index in [1.165, 1.54) is 19.6 Å². The number of methoxy groups -OCH3 is 1. The van der Waals surface area contributed by atoms with Crippen molar-refractivity contribution in [2.24, 2.45) is 0 Å². The topological polar surface area (TPSA) is 163 Å². The Morgan fingerprint density at radius 1 is 1.19 bits per heavy atom. The van der Waals surface area contributed by atoms with Gasteiger partial charge in [0, 0.05) is 23.9 Å². The Morgan fingerprint density at radius 3 is 2.47 bits per heavy atom. The van der Waals surface area contributed by atoms with Crippen LogP contribution in [0.4, 0.5) is 4.79 Å². The van der Waals surface area contributed by atoms with Crippen LogP contribution in [0.15, 0.2) is 12.5 Å². The molecule has 0 aliphatic rings. The number of hydrogen-bond donors (Lipinski definition) is 5. The zero-order valence-corrected chi connectivity index (χ0v) is 19.7. The number of rotatable bonds is 13. The number of carbonyl (C=O) groups is 4. The SMILES string of the molecule is COC(=O)SCC(=O)NC(CCCCNC(C)(C)C)C(=O)NC(Cc1cnc[nH]1)C(=O)O. The normalized spacial score (nSPS) is 13.1. The summed E-state index contributed by atoms with van der Waals surface area (Å²) < 4.78 is 4.49. The number of carbonyl (C=O) groups excluding carboxylic acids is 3. The van der Waals surface area contributed by atoms with Gasteiger partial charge >= 0.3 is 11.3 Å². The molecular formula is C20H33N5O6S. The molecule has 0 spiro atoms. The van der Waals surface area contributed by atoms with Crippen molar-refractivity contribution in [3.05, 3.63) is 18.2 Å². The number of imidazole rings is 1. The van der Waals surface area contributed by atoms with Gasteiger partial charge in [0.1, 0.15) is 12.1 Å². The molecule has 1 aromatic heterocycles. The molecule has 0 radical (unpaired) electrons. The smallest absolute Gasteiger partial charge is 0.367 e. The van der Waals surface area contributed by atoms with Crippen molar-refractivity contribution in [2.75, 3.05) is 19.4 Å². The zero-order chi connectivity index (χ0) is 24.1. The summed E-state index contributed by atoms with van der Waals surface area (Å²) in [5, 5.41) is 17.3. The number of unbranched alkanes of at least 4 members (excludes halogenated alkanes) is 1. The molecule has 12 heteroatoms. The molecule has 0 bridgehead atoms. The molecule has 11 nitrogen and oxygen atoms in total. The van der Waals surface area contributed by atoms with Gasteiger partial charge in [0.2, 0.25) is 11.8 Å². The maximum atomic E-state index is 12.8. The Morgan fingerprint density at radius 2 is 1.91 bits per heavy atom. The third-order valence-corrected chi connectivity index (χ3v) is 5.12. The molecule has 0 saturated heterocycles. The van der Waals surface area contributed by atoms with E-state index < -0.39 is 35.2 Å². The zero-order valence-electron chi connectivity index (χ0n) is 18.9. The summed E-state index contributed by atoms with van der Waals surface area (Å²) in [6.07, 6.45) is 4.64. The monoisotopic (exact) mass is 471 g/mol. The van der Waals surface area contributed by atoms with Crippen molar-refractivity contribution in [3.63, 3.8) is 0 Å². The summed E-state index contributed by atoms with van der Waals surface area (Å²) in [5.41, 5.74) is 0.526. The first kappa shape index (κ1) is 27.4. The largest absolute Gasteiger partial charge is 0.480 e. The van der Waals surface area contributed by atoms with Crippen LogP contribution < -0.4 is 16.0 Å². The first-order valence-electron chi connectivity index (χ1n) is 10.3. The van der Waals surface area contributed by atoms with E-state index in [2.05, 4.69) is 30.7 Å². The fraction of sp³-hybridized carbons (Fsp3) is 0.650. The number of carboxylic acid groups (broad SMARTS) is 1. The molecule has 0 saturated carbocycles. The van der Waals surface area contributed by atoms with Crippen LogP contribution in [0, 0.1) is 0 Å². The van der Waals surface area contributed by atoms with Crippen molar-refractivity contribution in [1.29, 1.82) is 0 Å². The van der Waals surface area contributed by atoms with Crippen molar-refractivity contribution >= 4 is 34.8 Å². The van der Waals surface area contributed by atoms with Gasteiger partial charge in [0.15, 0.2) is 0 Å². The van der Waals surface area contributed by atoms with E-state index in [9.17, 15) is 24.3 Å². The van der Waals surface area contributed by atoms with Crippen LogP contribution in [0.25, 0.3) is 0 Å². The maximum absolute atomic E-state index is 12.8. The number of nitrogens with zero attached hydrogens (tertiary/aromatic N) is 1. The third kappa shape index (κ3) is 11.7. The van der Waals surface area contributed by atoms with Gasteiger partial charge in [-0.05, 0) is 58.3 Å². The van der Waals surface area contributed by atoms with Crippen LogP contribution in [0.2, 0.25) is 0 Å². The molecular weight excluding hydrogens is 438 g/mol. The Labute approximate surface area is 191 Å². The van der Waals surface area contributed by atoms with E-state index in [0.717, 1.165) is 13.0 Å². The minimum Gasteiger partial charge on any atom is -0.480 e. The maximum Gasteiger partial charge on any atom is 0.367 e. The lowest BCUT2D eigenvalue weighted by Gasteiger charge is -2.22. The molecule has 0 aliphatic carbocycles. The first-order chi connectivity index (χ1) is 15.0. The fourth-order valence-electron chi connectivity index (χ4n) is 2.71. The molecule has 180 valence electrons. The number of nitrogens with one attached hydrogen (secondary N) is 4. The Hall–Kier alpha value is -2.60. The van der Waals surface area contributed by atoms with E-state index >= 15 is 0 Å². The first-order valence-corrected chi connectivity index (χ1v) is 11.3. The number of thioether (sulfide) groups is 1. The predicted octanol–water partition coefficient (Wildman–Crippen LogP) is 1.06. The van der Waals surface area contributed by atoms with Crippen LogP contribution >= 0.6 is 11.8 Å². The van der Waals surface area contributed by atoms with Crippen molar-refractivity contribution in [2.45, 2.75) is 64.1 Å². The molecule has 2 amide bonds. The van der Waals surface area contributed by atoms with Gasteiger partial charge < -0.3 is 30.8 Å². The number of aromatic amines is 1. The van der Waals surface area contributed by atoms with E-state index in [0.29, 0.717) is 30.3 Å². The second-order valence-electron chi connectivity index (χ2n) is 8.22. The highest BCUT2D eigenvalue weighted by Crippen LogP contribution is 2.08. The summed E-state index contributed by atoms with van der Waals surface area (Å²) in [5.74, 6) is -2.53. The second kappa shape index (κ2) is 13.7. The van der Waals surface area contributed by atoms with Gasteiger partial charge in [-0.3, -0.25) is 9.59 Å². The highest BCUT2D eigenvalue weighted by atomic mass is 32.2. The highest BCUT2D eigenvalue weighted by molar-refractivity contribution is 8.13. The second-order valence-corrected chi connectivity index (χ2v) is 9.13. The number of ether oxygens (including phenoxy) is 1. The standard InChI is InChI=1S/C20H33N5O6S/c1-20(2,3)23-8-6-5-7-14(24-16(26)11-32-19(30)31-4)17(27)25-15(18(28)29)9-13-10-21-12-22-13/h10,12,14-15,23H,5-9,11H2,1-4H3,(H,21,22)(H,24,26)(H,25,27)(H,28,29). The predicted molar refractivity (Wildman–Crippen MR) is 120 cm³/mol. The quantitative estimate of drug-likeness (QED) is 0.209. The van der Waals surface area contributed by atoms with Crippen LogP contribution in [0.5, 0.6) is 0 Å². The van der Waals surface area contributed by atoms with Crippen molar-refractivity contribution in [1.82, 2.24) is 25.9 Å². The van der Waals surface area contributed by atoms with Crippen LogP contribution in [0.3, 0.4) is 0 Å². The number of H-pyrrole nitrogens is 1. The minimum absolute atomic E-state index is 0.0232. The summed E-state index contributed by atoms with van der Waals surface area (Å²) in [7, 11) is 1.21. The Kier molecular flexibility index (Phi) is 11.8. The average molecular weight is 472 g/mol. The van der Waals surface area contributed by atoms with Gasteiger partial charge in [-0.1, -0.05) is 0 Å². The van der Waals surface area contributed by atoms with Gasteiger partial charge in [-0.25, -0.2) is 14.6 Å². The summed E-state index contributed by atoms with van der Waals surface area (Å²) in [6, 6.07) is -2.12. The Balaban J connectivity index is 2.72. The van der Waals surface area contributed by atoms with Crippen molar-refractivity contribution < 1.29 is 29.0 Å². The van der Waals surface area contributed by atoms with Gasteiger partial charge in [-0.15, -0.1) is 0 Å². The summed E-state index contributed by atoms with van der Waals surface area (Å²) in [6.45, 7) is 6.89. The van der Waals surface area contributed by atoms with Gasteiger partial charge in [0.05, 0.1) is 19.2 Å². The fourth-order valence-corrected chi connectivity index (χ4v) is 3.16. The minimum atomic E-state index is -1.20. The third-order valence-electron chi connectivity index (χ3n) is 4.31. The summed E-state index contributed by atoms with van der Waals surface area (Å²) in [4.78, 5) is 54.5. The number of amides is 2. The lowest BCUT2D eigenvalue weighted by molar-refractivity contribution is -0.142. The molecule has 1 aromatic rings. The van der Waals surface area contributed by atoms with Crippen molar-refractivity contribution in [3.8, 4) is 0 Å². The molecule has 0 fully saturated rings. The Bertz CT molecular complexity index is 750. The lowest BCUT2D eigenvalue weighted by Crippen LogP contribution is -2.52. The average Bonchev–Trinajstić information content (AvgIpc) is 3.22. The molecule has 0 aromatic carbocycles. The van der Waals surface area contributed by atoms with Crippen LogP contribution in [0.1, 0.15) is 45.7 Å². The lowest BCUT2D eigenvalue weighted by atomic mass is 10.1. The van der Waals surface area contributed by atoms with E-state index in [1.807, 2.05) is 20.8 Å². The highest BCUT2D eigenvalue weighted by Gasteiger charge is 2.27. The number of aromatic nitrogens is 2. The van der Waals surface area contributed by atoms with Crippen LogP contribution in [-0.2, 0) is 25.5 Å². The molecule has 2 atom stereocenters. The molecule has 2 unspecified atom stereocenters. The molecule has 1 rings (SSSR count). The van der Waals surface area contributed by atoms with Gasteiger partial charge in [-0.2, -0.15) is 0 Å². The number of carboxylic acids is 1. The summed E-state index contributed by atoms with van der Waals surface area (Å²) >= 11 is 0.674. The van der Waals surface area contributed by atoms with E-state index in [-0.39, 0.29) is 17.7 Å².